The Bertz CT molecular complexity index is 811. The summed E-state index contributed by atoms with van der Waals surface area (Å²) in [6.07, 6.45) is -9.70. The molecule has 0 aliphatic heterocycles. The third-order valence-corrected chi connectivity index (χ3v) is 3.42. The molecule has 9 heteroatoms. The number of carbonyl (C=O) groups excluding carboxylic acids is 1. The van der Waals surface area contributed by atoms with E-state index >= 15 is 0 Å². The predicted molar refractivity (Wildman–Crippen MR) is 77.6 cm³/mol. The summed E-state index contributed by atoms with van der Waals surface area (Å²) in [5, 5.41) is 0. The number of ether oxygens (including phenoxy) is 1. The van der Waals surface area contributed by atoms with Crippen LogP contribution in [-0.2, 0) is 17.1 Å². The molecule has 0 saturated carbocycles. The van der Waals surface area contributed by atoms with Crippen LogP contribution < -0.4 is 5.73 Å². The molecule has 0 aliphatic carbocycles. The third kappa shape index (κ3) is 3.86. The first-order chi connectivity index (χ1) is 11.4. The topological polar surface area (TPSA) is 52.3 Å². The van der Waals surface area contributed by atoms with E-state index < -0.39 is 35.0 Å². The highest BCUT2D eigenvalue weighted by molar-refractivity contribution is 5.96. The van der Waals surface area contributed by atoms with Crippen molar-refractivity contribution < 1.29 is 35.9 Å². The Kier molecular flexibility index (Phi) is 4.70. The van der Waals surface area contributed by atoms with E-state index in [4.69, 9.17) is 5.73 Å². The molecule has 0 bridgehead atoms. The highest BCUT2D eigenvalue weighted by atomic mass is 19.4. The van der Waals surface area contributed by atoms with Gasteiger partial charge in [0, 0.05) is 5.69 Å². The van der Waals surface area contributed by atoms with Crippen LogP contribution in [0.5, 0.6) is 0 Å². The number of benzene rings is 2. The molecule has 0 heterocycles. The van der Waals surface area contributed by atoms with Gasteiger partial charge in [-0.15, -0.1) is 0 Å². The van der Waals surface area contributed by atoms with Crippen LogP contribution in [0, 0.1) is 0 Å². The van der Waals surface area contributed by atoms with Crippen molar-refractivity contribution in [3.05, 3.63) is 53.1 Å². The first-order valence-electron chi connectivity index (χ1n) is 6.72. The normalized spacial score (nSPS) is 12.1. The van der Waals surface area contributed by atoms with Crippen LogP contribution in [0.3, 0.4) is 0 Å². The zero-order valence-corrected chi connectivity index (χ0v) is 12.6. The van der Waals surface area contributed by atoms with Crippen molar-refractivity contribution in [2.75, 3.05) is 12.8 Å². The molecule has 134 valence electrons. The lowest BCUT2D eigenvalue weighted by atomic mass is 9.95. The summed E-state index contributed by atoms with van der Waals surface area (Å²) < 4.78 is 82.6. The fraction of sp³-hybridized carbons (Fsp3) is 0.188. The minimum atomic E-state index is -4.88. The SMILES string of the molecule is COC(=O)c1cc(-c2cc(C(F)(F)F)ccc2C(F)(F)F)ccc1N. The van der Waals surface area contributed by atoms with Gasteiger partial charge >= 0.3 is 18.3 Å². The molecule has 2 rings (SSSR count). The first-order valence-corrected chi connectivity index (χ1v) is 6.72. The molecule has 0 unspecified atom stereocenters. The van der Waals surface area contributed by atoms with Crippen LogP contribution in [0.1, 0.15) is 21.5 Å². The van der Waals surface area contributed by atoms with Crippen LogP contribution >= 0.6 is 0 Å². The van der Waals surface area contributed by atoms with Crippen LogP contribution in [-0.4, -0.2) is 13.1 Å². The highest BCUT2D eigenvalue weighted by Gasteiger charge is 2.37. The maximum absolute atomic E-state index is 13.2. The number of alkyl halides is 6. The molecule has 25 heavy (non-hydrogen) atoms. The maximum Gasteiger partial charge on any atom is 0.417 e. The molecule has 2 aromatic carbocycles. The molecule has 2 N–H and O–H groups in total. The summed E-state index contributed by atoms with van der Waals surface area (Å²) in [5.74, 6) is -0.917. The van der Waals surface area contributed by atoms with E-state index in [9.17, 15) is 31.1 Å². The molecule has 0 aromatic heterocycles. The molecule has 0 fully saturated rings. The van der Waals surface area contributed by atoms with Gasteiger partial charge in [-0.2, -0.15) is 26.3 Å². The molecular formula is C16H11F6NO2. The van der Waals surface area contributed by atoms with Crippen molar-refractivity contribution in [2.45, 2.75) is 12.4 Å². The lowest BCUT2D eigenvalue weighted by Crippen LogP contribution is -2.11. The maximum atomic E-state index is 13.2. The second kappa shape index (κ2) is 6.30. The van der Waals surface area contributed by atoms with Crippen LogP contribution in [0.4, 0.5) is 32.0 Å². The summed E-state index contributed by atoms with van der Waals surface area (Å²) in [4.78, 5) is 11.6. The van der Waals surface area contributed by atoms with Gasteiger partial charge in [0.2, 0.25) is 0 Å². The fourth-order valence-electron chi connectivity index (χ4n) is 2.22. The lowest BCUT2D eigenvalue weighted by Gasteiger charge is -2.17. The Balaban J connectivity index is 2.74. The van der Waals surface area contributed by atoms with Gasteiger partial charge in [0.05, 0.1) is 23.8 Å². The number of halogens is 6. The minimum absolute atomic E-state index is 0.0730. The Labute approximate surface area is 138 Å². The second-order valence-corrected chi connectivity index (χ2v) is 5.05. The summed E-state index contributed by atoms with van der Waals surface area (Å²) >= 11 is 0. The molecule has 0 atom stereocenters. The van der Waals surface area contributed by atoms with Gasteiger partial charge < -0.3 is 10.5 Å². The van der Waals surface area contributed by atoms with Gasteiger partial charge in [0.1, 0.15) is 0 Å². The Morgan fingerprint density at radius 3 is 2.12 bits per heavy atom. The first kappa shape index (κ1) is 18.6. The number of hydrogen-bond acceptors (Lipinski definition) is 3. The van der Waals surface area contributed by atoms with Crippen molar-refractivity contribution >= 4 is 11.7 Å². The van der Waals surface area contributed by atoms with Crippen LogP contribution in [0.15, 0.2) is 36.4 Å². The molecule has 0 saturated heterocycles. The van der Waals surface area contributed by atoms with Crippen molar-refractivity contribution in [1.82, 2.24) is 0 Å². The van der Waals surface area contributed by atoms with Gasteiger partial charge in [0.25, 0.3) is 0 Å². The average molecular weight is 363 g/mol. The van der Waals surface area contributed by atoms with E-state index in [0.29, 0.717) is 18.2 Å². The number of esters is 1. The van der Waals surface area contributed by atoms with Crippen LogP contribution in [0.2, 0.25) is 0 Å². The number of rotatable bonds is 2. The zero-order valence-electron chi connectivity index (χ0n) is 12.6. The molecule has 3 nitrogen and oxygen atoms in total. The molecule has 0 radical (unpaired) electrons. The van der Waals surface area contributed by atoms with Gasteiger partial charge in [-0.3, -0.25) is 0 Å². The fourth-order valence-corrected chi connectivity index (χ4v) is 2.22. The Hall–Kier alpha value is -2.71. The number of nitrogen functional groups attached to an aromatic ring is 1. The van der Waals surface area contributed by atoms with Crippen molar-refractivity contribution in [3.63, 3.8) is 0 Å². The number of nitrogens with two attached hydrogens (primary N) is 1. The smallest absolute Gasteiger partial charge is 0.417 e. The largest absolute Gasteiger partial charge is 0.465 e. The third-order valence-electron chi connectivity index (χ3n) is 3.42. The average Bonchev–Trinajstić information content (AvgIpc) is 2.52. The van der Waals surface area contributed by atoms with E-state index in [1.807, 2.05) is 0 Å². The Morgan fingerprint density at radius 2 is 1.60 bits per heavy atom. The number of hydrogen-bond donors (Lipinski definition) is 1. The number of carbonyl (C=O) groups is 1. The monoisotopic (exact) mass is 363 g/mol. The molecule has 2 aromatic rings. The molecule has 0 amide bonds. The molecular weight excluding hydrogens is 352 g/mol. The molecule has 0 aliphatic rings. The standard InChI is InChI=1S/C16H11F6NO2/c1-25-14(24)11-6-8(2-5-13(11)23)10-7-9(15(17,18)19)3-4-12(10)16(20,21)22/h2-7H,23H2,1H3. The van der Waals surface area contributed by atoms with E-state index in [1.54, 1.807) is 0 Å². The summed E-state index contributed by atoms with van der Waals surface area (Å²) in [6.45, 7) is 0. The van der Waals surface area contributed by atoms with Crippen LogP contribution in [0.25, 0.3) is 11.1 Å². The van der Waals surface area contributed by atoms with Crippen molar-refractivity contribution in [3.8, 4) is 11.1 Å². The van der Waals surface area contributed by atoms with E-state index in [-0.39, 0.29) is 16.8 Å². The quantitative estimate of drug-likeness (QED) is 0.476. The van der Waals surface area contributed by atoms with Gasteiger partial charge in [-0.1, -0.05) is 6.07 Å². The molecule has 0 spiro atoms. The van der Waals surface area contributed by atoms with Gasteiger partial charge in [0.15, 0.2) is 0 Å². The highest BCUT2D eigenvalue weighted by Crippen LogP contribution is 2.41. The summed E-state index contributed by atoms with van der Waals surface area (Å²) in [7, 11) is 1.04. The van der Waals surface area contributed by atoms with E-state index in [2.05, 4.69) is 4.74 Å². The summed E-state index contributed by atoms with van der Waals surface area (Å²) in [6, 6.07) is 4.28. The van der Waals surface area contributed by atoms with Gasteiger partial charge in [-0.05, 0) is 41.5 Å². The summed E-state index contributed by atoms with van der Waals surface area (Å²) in [5.41, 5.74) is 1.78. The number of anilines is 1. The van der Waals surface area contributed by atoms with E-state index in [0.717, 1.165) is 25.3 Å². The number of methoxy groups -OCH3 is 1. The zero-order chi connectivity index (χ0) is 19.0. The van der Waals surface area contributed by atoms with E-state index in [1.165, 1.54) is 0 Å². The lowest BCUT2D eigenvalue weighted by molar-refractivity contribution is -0.141. The predicted octanol–water partition coefficient (Wildman–Crippen LogP) is 4.76. The minimum Gasteiger partial charge on any atom is -0.465 e. The van der Waals surface area contributed by atoms with Crippen molar-refractivity contribution in [1.29, 1.82) is 0 Å². The van der Waals surface area contributed by atoms with Gasteiger partial charge in [-0.25, -0.2) is 4.79 Å². The van der Waals surface area contributed by atoms with Crippen molar-refractivity contribution in [2.24, 2.45) is 0 Å². The Morgan fingerprint density at radius 1 is 0.960 bits per heavy atom. The second-order valence-electron chi connectivity index (χ2n) is 5.05.